The van der Waals surface area contributed by atoms with Crippen molar-refractivity contribution in [2.75, 3.05) is 26.7 Å². The molecule has 0 bridgehead atoms. The third kappa shape index (κ3) is 2.57. The summed E-state index contributed by atoms with van der Waals surface area (Å²) in [4.78, 5) is 2.69. The third-order valence-electron chi connectivity index (χ3n) is 6.13. The van der Waals surface area contributed by atoms with Crippen LogP contribution in [0.3, 0.4) is 0 Å². The van der Waals surface area contributed by atoms with Crippen LogP contribution in [0.1, 0.15) is 58.8 Å². The van der Waals surface area contributed by atoms with Crippen LogP contribution in [0.25, 0.3) is 0 Å². The van der Waals surface area contributed by atoms with Crippen molar-refractivity contribution >= 4 is 0 Å². The molecular weight excluding hydrogens is 236 g/mol. The molecule has 0 spiro atoms. The van der Waals surface area contributed by atoms with Gasteiger partial charge in [0.15, 0.2) is 0 Å². The first-order valence-corrected chi connectivity index (χ1v) is 8.14. The fourth-order valence-corrected chi connectivity index (χ4v) is 4.39. The SMILES string of the molecule is CCC1(CC)CCN(C2(CN)CCCCC2OC)C1. The minimum absolute atomic E-state index is 0.110. The van der Waals surface area contributed by atoms with Gasteiger partial charge in [-0.1, -0.05) is 26.7 Å². The van der Waals surface area contributed by atoms with E-state index >= 15 is 0 Å². The normalized spacial score (nSPS) is 35.7. The van der Waals surface area contributed by atoms with E-state index < -0.39 is 0 Å². The fraction of sp³-hybridized carbons (Fsp3) is 1.00. The maximum absolute atomic E-state index is 6.23. The lowest BCUT2D eigenvalue weighted by Gasteiger charge is -2.49. The van der Waals surface area contributed by atoms with Crippen LogP contribution in [-0.2, 0) is 4.74 Å². The van der Waals surface area contributed by atoms with E-state index in [0.717, 1.165) is 6.54 Å². The summed E-state index contributed by atoms with van der Waals surface area (Å²) < 4.78 is 5.82. The van der Waals surface area contributed by atoms with Gasteiger partial charge in [0.05, 0.1) is 11.6 Å². The number of hydrogen-bond acceptors (Lipinski definition) is 3. The number of nitrogens with zero attached hydrogens (tertiary/aromatic N) is 1. The number of nitrogens with two attached hydrogens (primary N) is 1. The molecule has 19 heavy (non-hydrogen) atoms. The van der Waals surface area contributed by atoms with E-state index in [1.165, 1.54) is 58.0 Å². The average molecular weight is 268 g/mol. The molecule has 3 heteroatoms. The molecule has 1 saturated heterocycles. The summed E-state index contributed by atoms with van der Waals surface area (Å²) in [6, 6.07) is 0. The zero-order valence-electron chi connectivity index (χ0n) is 13.1. The van der Waals surface area contributed by atoms with Crippen molar-refractivity contribution in [3.05, 3.63) is 0 Å². The van der Waals surface area contributed by atoms with Crippen LogP contribution in [0.2, 0.25) is 0 Å². The van der Waals surface area contributed by atoms with E-state index in [2.05, 4.69) is 18.7 Å². The molecule has 0 aromatic rings. The molecule has 1 heterocycles. The Morgan fingerprint density at radius 2 is 1.95 bits per heavy atom. The van der Waals surface area contributed by atoms with Crippen LogP contribution >= 0.6 is 0 Å². The summed E-state index contributed by atoms with van der Waals surface area (Å²) >= 11 is 0. The quantitative estimate of drug-likeness (QED) is 0.833. The van der Waals surface area contributed by atoms with E-state index in [1.807, 2.05) is 7.11 Å². The van der Waals surface area contributed by atoms with Gasteiger partial charge in [-0.3, -0.25) is 4.90 Å². The Kier molecular flexibility index (Phi) is 4.91. The molecule has 2 unspecified atom stereocenters. The van der Waals surface area contributed by atoms with Crippen LogP contribution in [0, 0.1) is 5.41 Å². The fourth-order valence-electron chi connectivity index (χ4n) is 4.39. The molecule has 1 saturated carbocycles. The standard InChI is InChI=1S/C16H32N2O/c1-4-15(5-2)10-11-18(13-15)16(12-17)9-7-6-8-14(16)19-3/h14H,4-13,17H2,1-3H3. The highest BCUT2D eigenvalue weighted by Gasteiger charge is 2.49. The van der Waals surface area contributed by atoms with E-state index in [1.54, 1.807) is 0 Å². The monoisotopic (exact) mass is 268 g/mol. The predicted octanol–water partition coefficient (Wildman–Crippen LogP) is 2.79. The molecule has 2 atom stereocenters. The lowest BCUT2D eigenvalue weighted by molar-refractivity contribution is -0.0707. The highest BCUT2D eigenvalue weighted by molar-refractivity contribution is 5.05. The molecule has 1 aliphatic carbocycles. The summed E-state index contributed by atoms with van der Waals surface area (Å²) in [6.45, 7) is 7.86. The molecular formula is C16H32N2O. The Labute approximate surface area is 118 Å². The molecule has 2 fully saturated rings. The number of methoxy groups -OCH3 is 1. The van der Waals surface area contributed by atoms with Gasteiger partial charge in [0.1, 0.15) is 0 Å². The maximum atomic E-state index is 6.23. The van der Waals surface area contributed by atoms with E-state index in [0.29, 0.717) is 11.5 Å². The number of rotatable bonds is 5. The summed E-state index contributed by atoms with van der Waals surface area (Å²) in [7, 11) is 1.86. The first-order valence-electron chi connectivity index (χ1n) is 8.14. The number of hydrogen-bond donors (Lipinski definition) is 1. The Balaban J connectivity index is 2.17. The first-order chi connectivity index (χ1) is 9.16. The van der Waals surface area contributed by atoms with Crippen LogP contribution < -0.4 is 5.73 Å². The Hall–Kier alpha value is -0.120. The highest BCUT2D eigenvalue weighted by Crippen LogP contribution is 2.44. The Morgan fingerprint density at radius 3 is 2.47 bits per heavy atom. The Bertz CT molecular complexity index is 290. The second-order valence-electron chi connectivity index (χ2n) is 6.66. The average Bonchev–Trinajstić information content (AvgIpc) is 2.92. The zero-order valence-corrected chi connectivity index (χ0v) is 13.1. The molecule has 2 rings (SSSR count). The van der Waals surface area contributed by atoms with Crippen LogP contribution in [0.15, 0.2) is 0 Å². The van der Waals surface area contributed by atoms with Crippen molar-refractivity contribution in [2.45, 2.75) is 70.4 Å². The molecule has 0 aromatic heterocycles. The lowest BCUT2D eigenvalue weighted by Crippen LogP contribution is -2.62. The van der Waals surface area contributed by atoms with Crippen molar-refractivity contribution < 1.29 is 4.74 Å². The maximum Gasteiger partial charge on any atom is 0.0767 e. The molecule has 3 nitrogen and oxygen atoms in total. The van der Waals surface area contributed by atoms with E-state index in [9.17, 15) is 0 Å². The van der Waals surface area contributed by atoms with Gasteiger partial charge in [0.25, 0.3) is 0 Å². The van der Waals surface area contributed by atoms with Crippen molar-refractivity contribution in [3.8, 4) is 0 Å². The van der Waals surface area contributed by atoms with Crippen LogP contribution in [0.5, 0.6) is 0 Å². The molecule has 2 aliphatic rings. The summed E-state index contributed by atoms with van der Waals surface area (Å²) in [5, 5.41) is 0. The molecule has 0 amide bonds. The van der Waals surface area contributed by atoms with Gasteiger partial charge in [0.2, 0.25) is 0 Å². The van der Waals surface area contributed by atoms with Gasteiger partial charge in [-0.25, -0.2) is 0 Å². The summed E-state index contributed by atoms with van der Waals surface area (Å²) in [5.41, 5.74) is 6.87. The van der Waals surface area contributed by atoms with Crippen molar-refractivity contribution in [2.24, 2.45) is 11.1 Å². The topological polar surface area (TPSA) is 38.5 Å². The lowest BCUT2D eigenvalue weighted by atomic mass is 9.77. The number of ether oxygens (including phenoxy) is 1. The molecule has 2 N–H and O–H groups in total. The first kappa shape index (κ1) is 15.3. The number of likely N-dealkylation sites (tertiary alicyclic amines) is 1. The van der Waals surface area contributed by atoms with Crippen molar-refractivity contribution in [1.29, 1.82) is 0 Å². The van der Waals surface area contributed by atoms with Crippen LogP contribution in [-0.4, -0.2) is 43.3 Å². The zero-order chi connectivity index (χ0) is 13.9. The highest BCUT2D eigenvalue weighted by atomic mass is 16.5. The minimum atomic E-state index is 0.110. The van der Waals surface area contributed by atoms with Crippen LogP contribution in [0.4, 0.5) is 0 Å². The second kappa shape index (κ2) is 6.11. The molecule has 1 aliphatic heterocycles. The van der Waals surface area contributed by atoms with Gasteiger partial charge in [0, 0.05) is 20.2 Å². The van der Waals surface area contributed by atoms with Crippen molar-refractivity contribution in [1.82, 2.24) is 4.90 Å². The van der Waals surface area contributed by atoms with E-state index in [4.69, 9.17) is 10.5 Å². The predicted molar refractivity (Wildman–Crippen MR) is 80.3 cm³/mol. The van der Waals surface area contributed by atoms with E-state index in [-0.39, 0.29) is 5.54 Å². The van der Waals surface area contributed by atoms with Gasteiger partial charge < -0.3 is 10.5 Å². The van der Waals surface area contributed by atoms with Gasteiger partial charge >= 0.3 is 0 Å². The summed E-state index contributed by atoms with van der Waals surface area (Å²) in [6.07, 6.45) is 9.23. The second-order valence-corrected chi connectivity index (χ2v) is 6.66. The smallest absolute Gasteiger partial charge is 0.0767 e. The van der Waals surface area contributed by atoms with Gasteiger partial charge in [-0.2, -0.15) is 0 Å². The van der Waals surface area contributed by atoms with Gasteiger partial charge in [-0.05, 0) is 44.1 Å². The molecule has 0 radical (unpaired) electrons. The van der Waals surface area contributed by atoms with Crippen molar-refractivity contribution in [3.63, 3.8) is 0 Å². The molecule has 0 aromatic carbocycles. The summed E-state index contributed by atoms with van der Waals surface area (Å²) in [5.74, 6) is 0. The molecule has 112 valence electrons. The minimum Gasteiger partial charge on any atom is -0.379 e. The Morgan fingerprint density at radius 1 is 1.21 bits per heavy atom. The van der Waals surface area contributed by atoms with Gasteiger partial charge in [-0.15, -0.1) is 0 Å². The largest absolute Gasteiger partial charge is 0.379 e. The third-order valence-corrected chi connectivity index (χ3v) is 6.13.